The lowest BCUT2D eigenvalue weighted by molar-refractivity contribution is -0.137. The van der Waals surface area contributed by atoms with E-state index in [-0.39, 0.29) is 29.7 Å². The first-order chi connectivity index (χ1) is 21.1. The zero-order chi connectivity index (χ0) is 31.3. The Kier molecular flexibility index (Phi) is 9.70. The van der Waals surface area contributed by atoms with E-state index in [0.29, 0.717) is 36.2 Å². The highest BCUT2D eigenvalue weighted by atomic mass is 19.1. The SMILES string of the molecule is COc1ccc(F)c(-c2ccc(COc3cccc([C@H](CC(=O)O)C4CC4)c3)cc2[C@@H](OCc2ccccc2)C(C)(C)C)c1. The van der Waals surface area contributed by atoms with Crippen LogP contribution >= 0.6 is 0 Å². The van der Waals surface area contributed by atoms with Crippen LogP contribution in [0.4, 0.5) is 4.39 Å². The van der Waals surface area contributed by atoms with Gasteiger partial charge in [0.2, 0.25) is 0 Å². The number of carbonyl (C=O) groups is 1. The summed E-state index contributed by atoms with van der Waals surface area (Å²) in [5.41, 5.74) is 4.71. The Labute approximate surface area is 259 Å². The molecule has 1 fully saturated rings. The second-order valence-corrected chi connectivity index (χ2v) is 12.7. The summed E-state index contributed by atoms with van der Waals surface area (Å²) in [6, 6.07) is 28.5. The van der Waals surface area contributed by atoms with Crippen LogP contribution in [0.25, 0.3) is 11.1 Å². The molecule has 0 aromatic heterocycles. The zero-order valence-corrected chi connectivity index (χ0v) is 25.9. The van der Waals surface area contributed by atoms with E-state index in [1.165, 1.54) is 6.07 Å². The van der Waals surface area contributed by atoms with E-state index in [0.717, 1.165) is 40.7 Å². The fourth-order valence-corrected chi connectivity index (χ4v) is 5.81. The van der Waals surface area contributed by atoms with E-state index in [9.17, 15) is 9.90 Å². The highest BCUT2D eigenvalue weighted by Gasteiger charge is 2.34. The van der Waals surface area contributed by atoms with Gasteiger partial charge in [0.15, 0.2) is 0 Å². The van der Waals surface area contributed by atoms with Crippen molar-refractivity contribution in [3.63, 3.8) is 0 Å². The summed E-state index contributed by atoms with van der Waals surface area (Å²) in [6.45, 7) is 7.07. The van der Waals surface area contributed by atoms with Gasteiger partial charge < -0.3 is 19.3 Å². The molecule has 4 aromatic carbocycles. The lowest BCUT2D eigenvalue weighted by Crippen LogP contribution is -2.22. The maximum Gasteiger partial charge on any atom is 0.303 e. The Balaban J connectivity index is 1.47. The number of rotatable bonds is 13. The van der Waals surface area contributed by atoms with E-state index in [1.54, 1.807) is 19.2 Å². The molecule has 1 N–H and O–H groups in total. The third-order valence-corrected chi connectivity index (χ3v) is 8.19. The number of carboxylic acid groups (broad SMARTS) is 1. The van der Waals surface area contributed by atoms with Gasteiger partial charge in [-0.1, -0.05) is 75.4 Å². The first-order valence-electron chi connectivity index (χ1n) is 15.2. The Morgan fingerprint density at radius 3 is 2.32 bits per heavy atom. The van der Waals surface area contributed by atoms with Gasteiger partial charge >= 0.3 is 5.97 Å². The van der Waals surface area contributed by atoms with Crippen molar-refractivity contribution >= 4 is 5.97 Å². The van der Waals surface area contributed by atoms with Crippen LogP contribution in [0, 0.1) is 17.2 Å². The van der Waals surface area contributed by atoms with Crippen molar-refractivity contribution < 1.29 is 28.5 Å². The monoisotopic (exact) mass is 596 g/mol. The average molecular weight is 597 g/mol. The number of ether oxygens (including phenoxy) is 3. The molecule has 1 aliphatic carbocycles. The molecule has 0 radical (unpaired) electrons. The Bertz CT molecular complexity index is 1570. The molecule has 1 saturated carbocycles. The molecule has 5 rings (SSSR count). The van der Waals surface area contributed by atoms with Crippen molar-refractivity contribution in [1.29, 1.82) is 0 Å². The molecule has 1 aliphatic rings. The van der Waals surface area contributed by atoms with Crippen molar-refractivity contribution in [2.75, 3.05) is 7.11 Å². The van der Waals surface area contributed by atoms with Crippen LogP contribution in [-0.4, -0.2) is 18.2 Å². The maximum atomic E-state index is 15.3. The molecule has 0 heterocycles. The standard InChI is InChI=1S/C38H41FO5/c1-38(2,3)37(44-23-25-9-6-5-7-10-25)34-19-26(13-17-31(34)33-21-29(42-4)16-18-35(33)39)24-43-30-12-8-11-28(20-30)32(22-36(40)41)27-14-15-27/h5-13,16-21,27,32,37H,14-15,22-24H2,1-4H3,(H,40,41)/t32-,37-/m1/s1. The van der Waals surface area contributed by atoms with Gasteiger partial charge in [-0.2, -0.15) is 0 Å². The highest BCUT2D eigenvalue weighted by Crippen LogP contribution is 2.45. The van der Waals surface area contributed by atoms with Crippen LogP contribution in [0.15, 0.2) is 91.0 Å². The fraction of sp³-hybridized carbons (Fsp3) is 0.342. The normalized spacial score (nSPS) is 14.6. The molecule has 0 unspecified atom stereocenters. The van der Waals surface area contributed by atoms with Gasteiger partial charge in [-0.05, 0) is 94.3 Å². The number of halogens is 1. The first-order valence-corrected chi connectivity index (χ1v) is 15.2. The minimum atomic E-state index is -0.781. The van der Waals surface area contributed by atoms with Gasteiger partial charge in [0, 0.05) is 5.56 Å². The summed E-state index contributed by atoms with van der Waals surface area (Å²) in [4.78, 5) is 11.5. The van der Waals surface area contributed by atoms with E-state index < -0.39 is 5.97 Å². The summed E-state index contributed by atoms with van der Waals surface area (Å²) in [5.74, 6) is 0.555. The number of methoxy groups -OCH3 is 1. The number of hydrogen-bond donors (Lipinski definition) is 1. The van der Waals surface area contributed by atoms with Gasteiger partial charge in [-0.25, -0.2) is 4.39 Å². The number of carboxylic acids is 1. The smallest absolute Gasteiger partial charge is 0.303 e. The van der Waals surface area contributed by atoms with E-state index in [1.807, 2.05) is 66.7 Å². The molecule has 5 nitrogen and oxygen atoms in total. The fourth-order valence-electron chi connectivity index (χ4n) is 5.81. The summed E-state index contributed by atoms with van der Waals surface area (Å²) >= 11 is 0. The largest absolute Gasteiger partial charge is 0.497 e. The average Bonchev–Trinajstić information content (AvgIpc) is 3.85. The molecule has 2 atom stereocenters. The summed E-state index contributed by atoms with van der Waals surface area (Å²) in [5, 5.41) is 9.45. The van der Waals surface area contributed by atoms with Crippen LogP contribution in [-0.2, 0) is 22.7 Å². The Morgan fingerprint density at radius 2 is 1.64 bits per heavy atom. The number of benzene rings is 4. The molecule has 0 spiro atoms. The van der Waals surface area contributed by atoms with Crippen molar-refractivity contribution in [2.45, 2.75) is 65.3 Å². The lowest BCUT2D eigenvalue weighted by Gasteiger charge is -2.33. The second-order valence-electron chi connectivity index (χ2n) is 12.7. The van der Waals surface area contributed by atoms with Crippen molar-refractivity contribution in [3.8, 4) is 22.6 Å². The van der Waals surface area contributed by atoms with Crippen molar-refractivity contribution in [1.82, 2.24) is 0 Å². The third-order valence-electron chi connectivity index (χ3n) is 8.19. The van der Waals surface area contributed by atoms with Crippen LogP contribution in [0.3, 0.4) is 0 Å². The molecular weight excluding hydrogens is 555 g/mol. The first kappa shape index (κ1) is 31.3. The zero-order valence-electron chi connectivity index (χ0n) is 25.9. The number of hydrogen-bond acceptors (Lipinski definition) is 4. The van der Waals surface area contributed by atoms with Gasteiger partial charge in [0.25, 0.3) is 0 Å². The molecule has 6 heteroatoms. The van der Waals surface area contributed by atoms with Gasteiger partial charge in [-0.15, -0.1) is 0 Å². The Hall–Kier alpha value is -4.16. The summed E-state index contributed by atoms with van der Waals surface area (Å²) in [6.07, 6.45) is 1.89. The second kappa shape index (κ2) is 13.6. The van der Waals surface area contributed by atoms with Gasteiger partial charge in [0.1, 0.15) is 23.9 Å². The quantitative estimate of drug-likeness (QED) is 0.167. The van der Waals surface area contributed by atoms with Crippen LogP contribution in [0.5, 0.6) is 11.5 Å². The van der Waals surface area contributed by atoms with Crippen LogP contribution in [0.2, 0.25) is 0 Å². The molecule has 4 aromatic rings. The molecule has 0 bridgehead atoms. The topological polar surface area (TPSA) is 65.0 Å². The third kappa shape index (κ3) is 7.86. The molecule has 0 saturated heterocycles. The highest BCUT2D eigenvalue weighted by molar-refractivity contribution is 5.71. The molecular formula is C38H41FO5. The minimum absolute atomic E-state index is 0.00555. The Morgan fingerprint density at radius 1 is 0.864 bits per heavy atom. The lowest BCUT2D eigenvalue weighted by atomic mass is 9.81. The predicted molar refractivity (Wildman–Crippen MR) is 170 cm³/mol. The molecule has 44 heavy (non-hydrogen) atoms. The maximum absolute atomic E-state index is 15.3. The van der Waals surface area contributed by atoms with Crippen LogP contribution < -0.4 is 9.47 Å². The molecule has 0 amide bonds. The van der Waals surface area contributed by atoms with Crippen molar-refractivity contribution in [2.24, 2.45) is 11.3 Å². The van der Waals surface area contributed by atoms with Gasteiger partial charge in [-0.3, -0.25) is 4.79 Å². The molecule has 230 valence electrons. The van der Waals surface area contributed by atoms with E-state index in [4.69, 9.17) is 14.2 Å². The number of aliphatic carboxylic acids is 1. The van der Waals surface area contributed by atoms with Crippen molar-refractivity contribution in [3.05, 3.63) is 119 Å². The molecule has 0 aliphatic heterocycles. The van der Waals surface area contributed by atoms with E-state index >= 15 is 4.39 Å². The predicted octanol–water partition coefficient (Wildman–Crippen LogP) is 9.35. The van der Waals surface area contributed by atoms with Gasteiger partial charge in [0.05, 0.1) is 26.2 Å². The minimum Gasteiger partial charge on any atom is -0.497 e. The van der Waals surface area contributed by atoms with Crippen LogP contribution in [0.1, 0.15) is 74.3 Å². The summed E-state index contributed by atoms with van der Waals surface area (Å²) in [7, 11) is 1.57. The summed E-state index contributed by atoms with van der Waals surface area (Å²) < 4.78 is 33.6. The van der Waals surface area contributed by atoms with E-state index in [2.05, 4.69) is 26.8 Å².